The Morgan fingerprint density at radius 3 is 2.11 bits per heavy atom. The summed E-state index contributed by atoms with van der Waals surface area (Å²) in [5.41, 5.74) is -1.85. The quantitative estimate of drug-likeness (QED) is 0.629. The monoisotopic (exact) mass is 306 g/mol. The van der Waals surface area contributed by atoms with Gasteiger partial charge in [-0.15, -0.1) is 0 Å². The van der Waals surface area contributed by atoms with Gasteiger partial charge in [-0.25, -0.2) is 0 Å². The second kappa shape index (κ2) is 5.54. The van der Waals surface area contributed by atoms with Crippen molar-refractivity contribution in [2.24, 2.45) is 5.41 Å². The van der Waals surface area contributed by atoms with E-state index in [1.807, 2.05) is 13.8 Å². The van der Waals surface area contributed by atoms with E-state index in [9.17, 15) is 14.7 Å². The standard InChI is InChI=1S/C12H18O5S2/c1-3-5-11(6-4-2)9(14)16-12(17-10(11)15)18-7-8(13)19-12/h8,13H,3-7H2,1-2H3. The lowest BCUT2D eigenvalue weighted by Crippen LogP contribution is -2.53. The Kier molecular flexibility index (Phi) is 4.37. The highest BCUT2D eigenvalue weighted by atomic mass is 32.2. The fourth-order valence-electron chi connectivity index (χ4n) is 2.43. The van der Waals surface area contributed by atoms with Crippen molar-refractivity contribution in [1.29, 1.82) is 0 Å². The molecule has 1 N–H and O–H groups in total. The molecular formula is C12H18O5S2. The van der Waals surface area contributed by atoms with E-state index >= 15 is 0 Å². The fourth-order valence-corrected chi connectivity index (χ4v) is 4.91. The molecular weight excluding hydrogens is 288 g/mol. The number of carbonyl (C=O) groups excluding carboxylic acids is 2. The summed E-state index contributed by atoms with van der Waals surface area (Å²) in [5.74, 6) is -0.650. The molecule has 19 heavy (non-hydrogen) atoms. The summed E-state index contributed by atoms with van der Waals surface area (Å²) in [6.45, 7) is 3.84. The molecule has 0 aromatic heterocycles. The molecule has 2 aliphatic rings. The molecule has 2 saturated heterocycles. The molecule has 0 aliphatic carbocycles. The third-order valence-corrected chi connectivity index (χ3v) is 6.00. The molecule has 0 radical (unpaired) electrons. The number of esters is 2. The van der Waals surface area contributed by atoms with E-state index < -0.39 is 27.2 Å². The van der Waals surface area contributed by atoms with Gasteiger partial charge in [-0.05, 0) is 24.6 Å². The Labute approximate surface area is 120 Å². The molecule has 0 bridgehead atoms. The smallest absolute Gasteiger partial charge is 0.361 e. The van der Waals surface area contributed by atoms with Crippen LogP contribution in [-0.2, 0) is 19.1 Å². The average molecular weight is 306 g/mol. The Bertz CT molecular complexity index is 358. The predicted molar refractivity (Wildman–Crippen MR) is 73.2 cm³/mol. The SMILES string of the molecule is CCCC1(CCC)C(=O)OC2(OC1=O)SCC(O)S2. The number of hydrogen-bond donors (Lipinski definition) is 1. The zero-order valence-electron chi connectivity index (χ0n) is 11.0. The van der Waals surface area contributed by atoms with Gasteiger partial charge in [0.1, 0.15) is 5.44 Å². The number of ether oxygens (including phenoxy) is 2. The summed E-state index contributed by atoms with van der Waals surface area (Å²) in [6.07, 6.45) is 2.29. The van der Waals surface area contributed by atoms with Crippen molar-refractivity contribution >= 4 is 35.5 Å². The Hall–Kier alpha value is -0.400. The number of carbonyl (C=O) groups is 2. The Balaban J connectivity index is 2.22. The topological polar surface area (TPSA) is 72.8 Å². The number of aliphatic hydroxyl groups excluding tert-OH is 1. The maximum atomic E-state index is 12.3. The summed E-state index contributed by atoms with van der Waals surface area (Å²) in [7, 11) is 0. The molecule has 0 amide bonds. The minimum atomic E-state index is -1.38. The van der Waals surface area contributed by atoms with Crippen molar-refractivity contribution in [3.8, 4) is 0 Å². The maximum absolute atomic E-state index is 12.3. The summed E-state index contributed by atoms with van der Waals surface area (Å²) >= 11 is 2.11. The number of hydrogen-bond acceptors (Lipinski definition) is 7. The first-order valence-electron chi connectivity index (χ1n) is 6.45. The summed E-state index contributed by atoms with van der Waals surface area (Å²) in [6, 6.07) is 0. The molecule has 7 heteroatoms. The van der Waals surface area contributed by atoms with E-state index in [1.165, 1.54) is 0 Å². The van der Waals surface area contributed by atoms with Crippen LogP contribution >= 0.6 is 23.5 Å². The highest BCUT2D eigenvalue weighted by Gasteiger charge is 2.61. The van der Waals surface area contributed by atoms with Crippen LogP contribution < -0.4 is 0 Å². The van der Waals surface area contributed by atoms with Gasteiger partial charge >= 0.3 is 16.4 Å². The van der Waals surface area contributed by atoms with Crippen LogP contribution in [0.4, 0.5) is 0 Å². The lowest BCUT2D eigenvalue weighted by molar-refractivity contribution is -0.215. The second-order valence-corrected chi connectivity index (χ2v) is 7.48. The minimum absolute atomic E-state index is 0.375. The van der Waals surface area contributed by atoms with Gasteiger partial charge < -0.3 is 14.6 Å². The predicted octanol–water partition coefficient (Wildman–Crippen LogP) is 2.08. The number of thioether (sulfide) groups is 2. The van der Waals surface area contributed by atoms with Crippen LogP contribution in [0.15, 0.2) is 0 Å². The third-order valence-electron chi connectivity index (χ3n) is 3.25. The van der Waals surface area contributed by atoms with Crippen molar-refractivity contribution in [1.82, 2.24) is 0 Å². The summed E-state index contributed by atoms with van der Waals surface area (Å²) in [4.78, 5) is 24.7. The molecule has 0 saturated carbocycles. The molecule has 1 atom stereocenters. The zero-order valence-corrected chi connectivity index (χ0v) is 12.6. The van der Waals surface area contributed by atoms with Crippen molar-refractivity contribution in [3.63, 3.8) is 0 Å². The van der Waals surface area contributed by atoms with Gasteiger partial charge in [-0.2, -0.15) is 0 Å². The normalized spacial score (nSPS) is 28.3. The van der Waals surface area contributed by atoms with E-state index in [0.717, 1.165) is 23.5 Å². The molecule has 5 nitrogen and oxygen atoms in total. The summed E-state index contributed by atoms with van der Waals surface area (Å²) < 4.78 is 9.38. The average Bonchev–Trinajstić information content (AvgIpc) is 2.68. The molecule has 2 fully saturated rings. The summed E-state index contributed by atoms with van der Waals surface area (Å²) in [5, 5.41) is 9.52. The van der Waals surface area contributed by atoms with Crippen molar-refractivity contribution in [2.75, 3.05) is 5.75 Å². The van der Waals surface area contributed by atoms with Gasteiger partial charge in [0, 0.05) is 5.75 Å². The molecule has 108 valence electrons. The molecule has 1 spiro atoms. The van der Waals surface area contributed by atoms with Crippen LogP contribution in [0.5, 0.6) is 0 Å². The molecule has 2 heterocycles. The highest BCUT2D eigenvalue weighted by Crippen LogP contribution is 2.54. The van der Waals surface area contributed by atoms with E-state index in [2.05, 4.69) is 0 Å². The van der Waals surface area contributed by atoms with Gasteiger partial charge in [0.05, 0.1) is 0 Å². The van der Waals surface area contributed by atoms with Gasteiger partial charge in [0.2, 0.25) is 0 Å². The lowest BCUT2D eigenvalue weighted by Gasteiger charge is -2.40. The van der Waals surface area contributed by atoms with Crippen LogP contribution in [0.25, 0.3) is 0 Å². The zero-order chi connectivity index (χ0) is 14.1. The fraction of sp³-hybridized carbons (Fsp3) is 0.833. The first kappa shape index (κ1) is 15.0. The highest BCUT2D eigenvalue weighted by molar-refractivity contribution is 8.21. The van der Waals surface area contributed by atoms with Crippen LogP contribution in [-0.4, -0.2) is 32.7 Å². The van der Waals surface area contributed by atoms with Gasteiger partial charge in [0.15, 0.2) is 5.41 Å². The van der Waals surface area contributed by atoms with Gasteiger partial charge in [0.25, 0.3) is 0 Å². The van der Waals surface area contributed by atoms with Crippen molar-refractivity contribution in [3.05, 3.63) is 0 Å². The van der Waals surface area contributed by atoms with Crippen LogP contribution in [0, 0.1) is 5.41 Å². The van der Waals surface area contributed by atoms with Crippen LogP contribution in [0.1, 0.15) is 39.5 Å². The molecule has 2 aliphatic heterocycles. The maximum Gasteiger partial charge on any atom is 0.361 e. The van der Waals surface area contributed by atoms with E-state index in [-0.39, 0.29) is 0 Å². The number of rotatable bonds is 4. The second-order valence-electron chi connectivity index (χ2n) is 4.74. The van der Waals surface area contributed by atoms with Crippen LogP contribution in [0.2, 0.25) is 0 Å². The molecule has 0 aromatic carbocycles. The van der Waals surface area contributed by atoms with E-state index in [4.69, 9.17) is 9.47 Å². The molecule has 2 rings (SSSR count). The first-order chi connectivity index (χ1) is 8.98. The Morgan fingerprint density at radius 1 is 1.21 bits per heavy atom. The molecule has 0 aromatic rings. The Morgan fingerprint density at radius 2 is 1.74 bits per heavy atom. The van der Waals surface area contributed by atoms with Crippen molar-refractivity contribution < 1.29 is 24.2 Å². The number of aliphatic hydroxyl groups is 1. The molecule has 1 unspecified atom stereocenters. The van der Waals surface area contributed by atoms with Crippen LogP contribution in [0.3, 0.4) is 0 Å². The first-order valence-corrected chi connectivity index (χ1v) is 8.31. The van der Waals surface area contributed by atoms with Crippen molar-refractivity contribution in [2.45, 2.75) is 49.4 Å². The van der Waals surface area contributed by atoms with E-state index in [1.54, 1.807) is 0 Å². The largest absolute Gasteiger partial charge is 0.403 e. The van der Waals surface area contributed by atoms with Gasteiger partial charge in [-0.3, -0.25) is 9.59 Å². The third kappa shape index (κ3) is 2.60. The van der Waals surface area contributed by atoms with Gasteiger partial charge in [-0.1, -0.05) is 38.5 Å². The van der Waals surface area contributed by atoms with E-state index in [0.29, 0.717) is 31.4 Å². The lowest BCUT2D eigenvalue weighted by atomic mass is 9.79. The minimum Gasteiger partial charge on any atom is -0.403 e.